The molecule has 0 aromatic rings. The molecule has 0 aliphatic rings. The van der Waals surface area contributed by atoms with Gasteiger partial charge >= 0.3 is 23.9 Å². The second-order valence-corrected chi connectivity index (χ2v) is 2.97. The zero-order valence-electron chi connectivity index (χ0n) is 8.19. The number of carboxylic acid groups (broad SMARTS) is 4. The number of halogens is 1. The van der Waals surface area contributed by atoms with E-state index in [0.29, 0.717) is 0 Å². The number of hydrogen-bond acceptors (Lipinski definition) is 5. The van der Waals surface area contributed by atoms with Gasteiger partial charge < -0.3 is 26.2 Å². The van der Waals surface area contributed by atoms with Crippen LogP contribution in [0.4, 0.5) is 0 Å². The van der Waals surface area contributed by atoms with Crippen LogP contribution in [0.1, 0.15) is 6.42 Å². The Morgan fingerprint density at radius 1 is 1.00 bits per heavy atom. The molecule has 0 bridgehead atoms. The Hall–Kier alpha value is -1.87. The maximum absolute atomic E-state index is 10.6. The van der Waals surface area contributed by atoms with E-state index in [-0.39, 0.29) is 12.4 Å². The topological polar surface area (TPSA) is 175 Å². The second-order valence-electron chi connectivity index (χ2n) is 2.97. The van der Waals surface area contributed by atoms with Crippen LogP contribution >= 0.6 is 12.4 Å². The average molecular weight is 272 g/mol. The summed E-state index contributed by atoms with van der Waals surface area (Å²) in [6, 6.07) is 0. The van der Waals surface area contributed by atoms with Gasteiger partial charge in [-0.1, -0.05) is 0 Å². The van der Waals surface area contributed by atoms with Gasteiger partial charge in [-0.2, -0.15) is 0 Å². The highest BCUT2D eigenvalue weighted by Gasteiger charge is 2.54. The van der Waals surface area contributed by atoms with E-state index in [2.05, 4.69) is 0 Å². The van der Waals surface area contributed by atoms with Crippen molar-refractivity contribution < 1.29 is 39.6 Å². The van der Waals surface area contributed by atoms with Crippen molar-refractivity contribution in [3.8, 4) is 0 Å². The van der Waals surface area contributed by atoms with E-state index >= 15 is 0 Å². The van der Waals surface area contributed by atoms with Crippen molar-refractivity contribution in [3.05, 3.63) is 0 Å². The first-order chi connectivity index (χ1) is 7.13. The van der Waals surface area contributed by atoms with Crippen molar-refractivity contribution in [1.82, 2.24) is 0 Å². The van der Waals surface area contributed by atoms with Gasteiger partial charge in [-0.15, -0.1) is 12.4 Å². The molecule has 6 N–H and O–H groups in total. The van der Waals surface area contributed by atoms with E-state index in [1.54, 1.807) is 0 Å². The van der Waals surface area contributed by atoms with Crippen LogP contribution in [0.15, 0.2) is 0 Å². The summed E-state index contributed by atoms with van der Waals surface area (Å²) in [5, 5.41) is 34.1. The van der Waals surface area contributed by atoms with Crippen molar-refractivity contribution >= 4 is 36.3 Å². The van der Waals surface area contributed by atoms with Gasteiger partial charge in [-0.05, 0) is 0 Å². The highest BCUT2D eigenvalue weighted by atomic mass is 35.5. The molecule has 0 spiro atoms. The monoisotopic (exact) mass is 271 g/mol. The summed E-state index contributed by atoms with van der Waals surface area (Å²) in [4.78, 5) is 42.2. The third kappa shape index (κ3) is 3.57. The van der Waals surface area contributed by atoms with Gasteiger partial charge in [0.15, 0.2) is 0 Å². The number of hydrogen-bond donors (Lipinski definition) is 5. The molecule has 0 aromatic heterocycles. The fourth-order valence-corrected chi connectivity index (χ4v) is 1.01. The molecule has 98 valence electrons. The van der Waals surface area contributed by atoms with Crippen molar-refractivity contribution in [2.45, 2.75) is 12.0 Å². The number of aliphatic carboxylic acids is 4. The zero-order chi connectivity index (χ0) is 13.1. The Balaban J connectivity index is 0. The summed E-state index contributed by atoms with van der Waals surface area (Å²) < 4.78 is 0. The molecule has 0 saturated heterocycles. The molecular weight excluding hydrogens is 262 g/mol. The quantitative estimate of drug-likeness (QED) is 0.358. The van der Waals surface area contributed by atoms with Crippen LogP contribution in [-0.2, 0) is 19.2 Å². The van der Waals surface area contributed by atoms with E-state index in [1.807, 2.05) is 0 Å². The first-order valence-corrected chi connectivity index (χ1v) is 3.84. The van der Waals surface area contributed by atoms with Crippen LogP contribution < -0.4 is 5.73 Å². The number of carbonyl (C=O) groups is 4. The van der Waals surface area contributed by atoms with Gasteiger partial charge in [0, 0.05) is 0 Å². The molecule has 0 heterocycles. The Bertz CT molecular complexity index is 340. The average Bonchev–Trinajstić information content (AvgIpc) is 2.11. The molecule has 9 nitrogen and oxygen atoms in total. The van der Waals surface area contributed by atoms with E-state index < -0.39 is 41.8 Å². The molecule has 0 aliphatic carbocycles. The van der Waals surface area contributed by atoms with Crippen molar-refractivity contribution in [2.75, 3.05) is 0 Å². The first kappa shape index (κ1) is 17.5. The van der Waals surface area contributed by atoms with Crippen LogP contribution in [0, 0.1) is 5.92 Å². The zero-order valence-corrected chi connectivity index (χ0v) is 9.01. The molecule has 0 aromatic carbocycles. The maximum atomic E-state index is 10.6. The summed E-state index contributed by atoms with van der Waals surface area (Å²) >= 11 is 0. The summed E-state index contributed by atoms with van der Waals surface area (Å²) in [6.07, 6.45) is -1.20. The molecule has 1 atom stereocenters. The van der Waals surface area contributed by atoms with Crippen LogP contribution in [-0.4, -0.2) is 49.8 Å². The van der Waals surface area contributed by atoms with E-state index in [4.69, 9.17) is 26.2 Å². The predicted octanol–water partition coefficient (Wildman–Crippen LogP) is -1.55. The molecular formula is C7H10ClNO8. The minimum Gasteiger partial charge on any atom is -0.481 e. The van der Waals surface area contributed by atoms with Crippen molar-refractivity contribution in [2.24, 2.45) is 11.7 Å². The number of rotatable bonds is 6. The lowest BCUT2D eigenvalue weighted by Crippen LogP contribution is -2.62. The van der Waals surface area contributed by atoms with Gasteiger partial charge in [0.2, 0.25) is 5.54 Å². The van der Waals surface area contributed by atoms with Crippen LogP contribution in [0.5, 0.6) is 0 Å². The second kappa shape index (κ2) is 6.01. The van der Waals surface area contributed by atoms with Crippen molar-refractivity contribution in [3.63, 3.8) is 0 Å². The number of nitrogens with two attached hydrogens (primary N) is 1. The molecule has 10 heteroatoms. The Morgan fingerprint density at radius 2 is 1.35 bits per heavy atom. The summed E-state index contributed by atoms with van der Waals surface area (Å²) in [6.45, 7) is 0. The fourth-order valence-electron chi connectivity index (χ4n) is 1.01. The van der Waals surface area contributed by atoms with Crippen molar-refractivity contribution in [1.29, 1.82) is 0 Å². The lowest BCUT2D eigenvalue weighted by Gasteiger charge is -2.25. The summed E-state index contributed by atoms with van der Waals surface area (Å²) in [7, 11) is 0. The highest BCUT2D eigenvalue weighted by Crippen LogP contribution is 2.20. The predicted molar refractivity (Wildman–Crippen MR) is 52.8 cm³/mol. The van der Waals surface area contributed by atoms with E-state index in [1.165, 1.54) is 0 Å². The third-order valence-electron chi connectivity index (χ3n) is 1.93. The largest absolute Gasteiger partial charge is 0.481 e. The van der Waals surface area contributed by atoms with Gasteiger partial charge in [0.05, 0.1) is 6.42 Å². The lowest BCUT2D eigenvalue weighted by atomic mass is 9.82. The normalized spacial score (nSPS) is 12.1. The Morgan fingerprint density at radius 3 is 1.53 bits per heavy atom. The minimum absolute atomic E-state index is 0. The maximum Gasteiger partial charge on any atom is 0.336 e. The van der Waals surface area contributed by atoms with Crippen LogP contribution in [0.3, 0.4) is 0 Å². The molecule has 17 heavy (non-hydrogen) atoms. The lowest BCUT2D eigenvalue weighted by molar-refractivity contribution is -0.168. The third-order valence-corrected chi connectivity index (χ3v) is 1.93. The smallest absolute Gasteiger partial charge is 0.336 e. The molecule has 0 rings (SSSR count). The first-order valence-electron chi connectivity index (χ1n) is 3.84. The Kier molecular flexibility index (Phi) is 6.20. The number of carboxylic acids is 4. The SMILES string of the molecule is Cl.NC(C(=O)O)(C(=O)O)C(CC(=O)O)C(=O)O. The van der Waals surface area contributed by atoms with E-state index in [9.17, 15) is 19.2 Å². The molecule has 1 unspecified atom stereocenters. The molecule has 0 saturated carbocycles. The molecule has 0 aliphatic heterocycles. The summed E-state index contributed by atoms with van der Waals surface area (Å²) in [5.74, 6) is -10.1. The van der Waals surface area contributed by atoms with Gasteiger partial charge in [0.25, 0.3) is 0 Å². The van der Waals surface area contributed by atoms with Gasteiger partial charge in [0.1, 0.15) is 5.92 Å². The fraction of sp³-hybridized carbons (Fsp3) is 0.429. The Labute approximate surface area is 100 Å². The van der Waals surface area contributed by atoms with Gasteiger partial charge in [-0.3, -0.25) is 9.59 Å². The standard InChI is InChI=1S/C7H9NO8.ClH/c8-7(5(13)14,6(15)16)2(4(11)12)1-3(9)10;/h2H,1,8H2,(H,9,10)(H,11,12)(H,13,14)(H,15,16);1H. The molecule has 0 radical (unpaired) electrons. The van der Waals surface area contributed by atoms with E-state index in [0.717, 1.165) is 0 Å². The highest BCUT2D eigenvalue weighted by molar-refractivity contribution is 6.07. The molecule has 0 fully saturated rings. The van der Waals surface area contributed by atoms with Gasteiger partial charge in [-0.25, -0.2) is 9.59 Å². The molecule has 0 amide bonds. The summed E-state index contributed by atoms with van der Waals surface area (Å²) in [5.41, 5.74) is 1.76. The van der Waals surface area contributed by atoms with Crippen LogP contribution in [0.2, 0.25) is 0 Å². The van der Waals surface area contributed by atoms with Crippen LogP contribution in [0.25, 0.3) is 0 Å². The minimum atomic E-state index is -3.18.